The van der Waals surface area contributed by atoms with Crippen LogP contribution in [0.5, 0.6) is 0 Å². The molecule has 3 N–H and O–H groups in total. The maximum absolute atomic E-state index is 12.9. The fourth-order valence-electron chi connectivity index (χ4n) is 1.30. The number of benzene rings is 1. The van der Waals surface area contributed by atoms with Crippen LogP contribution in [-0.2, 0) is 9.59 Å². The van der Waals surface area contributed by atoms with Crippen LogP contribution >= 0.6 is 0 Å². The summed E-state index contributed by atoms with van der Waals surface area (Å²) in [5.41, 5.74) is -0.436. The first-order valence-electron chi connectivity index (χ1n) is 5.01. The number of halogens is 2. The zero-order valence-electron chi connectivity index (χ0n) is 9.39. The van der Waals surface area contributed by atoms with Crippen LogP contribution < -0.4 is 5.32 Å². The third-order valence-electron chi connectivity index (χ3n) is 2.11. The van der Waals surface area contributed by atoms with Gasteiger partial charge in [0.15, 0.2) is 0 Å². The summed E-state index contributed by atoms with van der Waals surface area (Å²) in [7, 11) is 0. The molecule has 0 radical (unpaired) electrons. The molecule has 0 aliphatic carbocycles. The van der Waals surface area contributed by atoms with Crippen molar-refractivity contribution in [1.82, 2.24) is 5.32 Å². The van der Waals surface area contributed by atoms with Crippen molar-refractivity contribution in [2.24, 2.45) is 0 Å². The van der Waals surface area contributed by atoms with Crippen LogP contribution in [0, 0.1) is 11.6 Å². The van der Waals surface area contributed by atoms with E-state index in [4.69, 9.17) is 10.2 Å². The smallest absolute Gasteiger partial charge is 0.326 e. The van der Waals surface area contributed by atoms with E-state index in [0.29, 0.717) is 18.2 Å². The van der Waals surface area contributed by atoms with Gasteiger partial charge in [-0.1, -0.05) is 0 Å². The second-order valence-electron chi connectivity index (χ2n) is 3.62. The lowest BCUT2D eigenvalue weighted by atomic mass is 10.1. The van der Waals surface area contributed by atoms with E-state index in [1.165, 1.54) is 0 Å². The van der Waals surface area contributed by atoms with Gasteiger partial charge in [0.1, 0.15) is 17.7 Å². The molecule has 0 saturated carbocycles. The molecule has 0 bridgehead atoms. The van der Waals surface area contributed by atoms with Gasteiger partial charge in [0.05, 0.1) is 6.42 Å². The van der Waals surface area contributed by atoms with E-state index in [-0.39, 0.29) is 0 Å². The van der Waals surface area contributed by atoms with E-state index in [1.807, 2.05) is 5.32 Å². The Hall–Kier alpha value is -2.51. The molecule has 19 heavy (non-hydrogen) atoms. The second kappa shape index (κ2) is 5.89. The van der Waals surface area contributed by atoms with E-state index in [1.54, 1.807) is 0 Å². The van der Waals surface area contributed by atoms with E-state index >= 15 is 0 Å². The quantitative estimate of drug-likeness (QED) is 0.729. The summed E-state index contributed by atoms with van der Waals surface area (Å²) in [6, 6.07) is 0.273. The Morgan fingerprint density at radius 2 is 1.63 bits per heavy atom. The number of carbonyl (C=O) groups excluding carboxylic acids is 1. The van der Waals surface area contributed by atoms with Gasteiger partial charge in [0.2, 0.25) is 0 Å². The molecule has 0 fully saturated rings. The van der Waals surface area contributed by atoms with Crippen molar-refractivity contribution in [3.8, 4) is 0 Å². The molecule has 102 valence electrons. The first-order chi connectivity index (χ1) is 8.79. The lowest BCUT2D eigenvalue weighted by Crippen LogP contribution is -2.42. The highest BCUT2D eigenvalue weighted by molar-refractivity contribution is 5.97. The summed E-state index contributed by atoms with van der Waals surface area (Å²) in [5, 5.41) is 19.0. The summed E-state index contributed by atoms with van der Waals surface area (Å²) in [6.07, 6.45) is -0.848. The zero-order chi connectivity index (χ0) is 14.6. The third kappa shape index (κ3) is 4.34. The Morgan fingerprint density at radius 3 is 2.05 bits per heavy atom. The van der Waals surface area contributed by atoms with Gasteiger partial charge in [0.25, 0.3) is 5.91 Å². The number of carboxylic acid groups (broad SMARTS) is 2. The topological polar surface area (TPSA) is 104 Å². The van der Waals surface area contributed by atoms with Gasteiger partial charge < -0.3 is 15.5 Å². The normalized spacial score (nSPS) is 11.7. The number of rotatable bonds is 5. The van der Waals surface area contributed by atoms with Crippen molar-refractivity contribution in [2.75, 3.05) is 0 Å². The minimum Gasteiger partial charge on any atom is -0.481 e. The molecule has 0 aromatic heterocycles. The van der Waals surface area contributed by atoms with Crippen molar-refractivity contribution in [3.63, 3.8) is 0 Å². The minimum atomic E-state index is -1.68. The summed E-state index contributed by atoms with van der Waals surface area (Å²) in [5.74, 6) is -6.08. The lowest BCUT2D eigenvalue weighted by Gasteiger charge is -2.12. The van der Waals surface area contributed by atoms with Crippen LogP contribution in [0.25, 0.3) is 0 Å². The Kier molecular flexibility index (Phi) is 4.51. The molecule has 0 aliphatic heterocycles. The van der Waals surface area contributed by atoms with Crippen LogP contribution in [0.1, 0.15) is 16.8 Å². The molecule has 0 heterocycles. The first-order valence-corrected chi connectivity index (χ1v) is 5.01. The van der Waals surface area contributed by atoms with E-state index in [9.17, 15) is 23.2 Å². The summed E-state index contributed by atoms with van der Waals surface area (Å²) in [4.78, 5) is 32.7. The molecule has 1 aromatic rings. The van der Waals surface area contributed by atoms with Gasteiger partial charge in [-0.2, -0.15) is 0 Å². The number of amides is 1. The van der Waals surface area contributed by atoms with Crippen LogP contribution in [0.15, 0.2) is 18.2 Å². The highest BCUT2D eigenvalue weighted by atomic mass is 19.1. The van der Waals surface area contributed by atoms with Gasteiger partial charge in [-0.05, 0) is 12.1 Å². The standard InChI is InChI=1S/C11H9F2NO5/c12-6-1-5(2-7(13)3-6)10(17)14-8(11(18)19)4-9(15)16/h1-3,8H,4H2,(H,14,17)(H,15,16)(H,18,19)/t8-/m1/s1. The number of nitrogens with one attached hydrogen (secondary N) is 1. The summed E-state index contributed by atoms with van der Waals surface area (Å²) < 4.78 is 25.7. The molecule has 8 heteroatoms. The monoisotopic (exact) mass is 273 g/mol. The van der Waals surface area contributed by atoms with E-state index in [0.717, 1.165) is 0 Å². The highest BCUT2D eigenvalue weighted by Crippen LogP contribution is 2.08. The average molecular weight is 273 g/mol. The molecule has 1 rings (SSSR count). The maximum Gasteiger partial charge on any atom is 0.326 e. The summed E-state index contributed by atoms with van der Waals surface area (Å²) >= 11 is 0. The summed E-state index contributed by atoms with van der Waals surface area (Å²) in [6.45, 7) is 0. The van der Waals surface area contributed by atoms with Gasteiger partial charge in [-0.3, -0.25) is 9.59 Å². The molecule has 0 aliphatic rings. The average Bonchev–Trinajstić information content (AvgIpc) is 2.25. The molecule has 1 atom stereocenters. The van der Waals surface area contributed by atoms with Crippen LogP contribution in [0.2, 0.25) is 0 Å². The minimum absolute atomic E-state index is 0.436. The molecule has 0 spiro atoms. The maximum atomic E-state index is 12.9. The van der Waals surface area contributed by atoms with Crippen molar-refractivity contribution < 1.29 is 33.4 Å². The van der Waals surface area contributed by atoms with Gasteiger partial charge in [-0.25, -0.2) is 13.6 Å². The van der Waals surface area contributed by atoms with Crippen LogP contribution in [0.3, 0.4) is 0 Å². The van der Waals surface area contributed by atoms with Crippen LogP contribution in [0.4, 0.5) is 8.78 Å². The molecular formula is C11H9F2NO5. The van der Waals surface area contributed by atoms with Crippen LogP contribution in [-0.4, -0.2) is 34.1 Å². The number of hydrogen-bond donors (Lipinski definition) is 3. The largest absolute Gasteiger partial charge is 0.481 e. The fraction of sp³-hybridized carbons (Fsp3) is 0.182. The number of aliphatic carboxylic acids is 2. The molecule has 6 nitrogen and oxygen atoms in total. The molecule has 1 amide bonds. The van der Waals surface area contributed by atoms with Crippen molar-refractivity contribution in [2.45, 2.75) is 12.5 Å². The Balaban J connectivity index is 2.87. The molecule has 0 unspecified atom stereocenters. The van der Waals surface area contributed by atoms with Crippen molar-refractivity contribution in [1.29, 1.82) is 0 Å². The van der Waals surface area contributed by atoms with Gasteiger partial charge >= 0.3 is 11.9 Å². The number of carboxylic acids is 2. The number of carbonyl (C=O) groups is 3. The molecule has 1 aromatic carbocycles. The Bertz CT molecular complexity index is 512. The number of hydrogen-bond acceptors (Lipinski definition) is 3. The predicted molar refractivity (Wildman–Crippen MR) is 57.5 cm³/mol. The SMILES string of the molecule is O=C(O)C[C@@H](NC(=O)c1cc(F)cc(F)c1)C(=O)O. The van der Waals surface area contributed by atoms with Gasteiger partial charge in [-0.15, -0.1) is 0 Å². The van der Waals surface area contributed by atoms with E-state index in [2.05, 4.69) is 0 Å². The van der Waals surface area contributed by atoms with Crippen molar-refractivity contribution >= 4 is 17.8 Å². The zero-order valence-corrected chi connectivity index (χ0v) is 9.39. The molecular weight excluding hydrogens is 264 g/mol. The Morgan fingerprint density at radius 1 is 1.11 bits per heavy atom. The van der Waals surface area contributed by atoms with Gasteiger partial charge in [0, 0.05) is 11.6 Å². The Labute approximate surface area is 105 Å². The van der Waals surface area contributed by atoms with E-state index < -0.39 is 47.5 Å². The fourth-order valence-corrected chi connectivity index (χ4v) is 1.30. The highest BCUT2D eigenvalue weighted by Gasteiger charge is 2.23. The second-order valence-corrected chi connectivity index (χ2v) is 3.62. The van der Waals surface area contributed by atoms with Crippen molar-refractivity contribution in [3.05, 3.63) is 35.4 Å². The lowest BCUT2D eigenvalue weighted by molar-refractivity contribution is -0.145. The first kappa shape index (κ1) is 14.6. The third-order valence-corrected chi connectivity index (χ3v) is 2.11. The predicted octanol–water partition coefficient (Wildman–Crippen LogP) is 0.622. The molecule has 0 saturated heterocycles.